The van der Waals surface area contributed by atoms with Crippen LogP contribution in [-0.4, -0.2) is 29.4 Å². The molecule has 0 aliphatic carbocycles. The number of hydrogen-bond acceptors (Lipinski definition) is 2. The molecule has 0 aliphatic rings. The van der Waals surface area contributed by atoms with Crippen LogP contribution in [0.1, 0.15) is 15.9 Å². The second-order valence-electron chi connectivity index (χ2n) is 4.34. The Morgan fingerprint density at radius 2 is 1.79 bits per heavy atom. The first kappa shape index (κ1) is 13.2. The molecule has 3 nitrogen and oxygen atoms in total. The summed E-state index contributed by atoms with van der Waals surface area (Å²) in [5, 5.41) is 0. The number of benzene rings is 1. The van der Waals surface area contributed by atoms with Gasteiger partial charge < -0.3 is 4.90 Å². The van der Waals surface area contributed by atoms with Crippen molar-refractivity contribution in [2.24, 2.45) is 0 Å². The molecular formula is C15H15FN2O. The van der Waals surface area contributed by atoms with Crippen molar-refractivity contribution >= 4 is 5.91 Å². The number of likely N-dealkylation sites (N-methyl/N-ethyl adjacent to an activating group) is 1. The van der Waals surface area contributed by atoms with Crippen LogP contribution >= 0.6 is 0 Å². The highest BCUT2D eigenvalue weighted by Gasteiger charge is 2.11. The Kier molecular flexibility index (Phi) is 4.23. The highest BCUT2D eigenvalue weighted by Crippen LogP contribution is 2.07. The first-order chi connectivity index (χ1) is 9.16. The molecule has 2 rings (SSSR count). The molecule has 0 radical (unpaired) electrons. The summed E-state index contributed by atoms with van der Waals surface area (Å²) in [6, 6.07) is 9.45. The van der Waals surface area contributed by atoms with Gasteiger partial charge >= 0.3 is 0 Å². The molecule has 1 amide bonds. The van der Waals surface area contributed by atoms with E-state index in [-0.39, 0.29) is 11.7 Å². The van der Waals surface area contributed by atoms with E-state index in [2.05, 4.69) is 4.98 Å². The molecule has 0 aliphatic heterocycles. The van der Waals surface area contributed by atoms with Crippen LogP contribution in [0.2, 0.25) is 0 Å². The summed E-state index contributed by atoms with van der Waals surface area (Å²) in [5.41, 5.74) is 1.63. The predicted octanol–water partition coefficient (Wildman–Crippen LogP) is 2.54. The van der Waals surface area contributed by atoms with Gasteiger partial charge in [-0.2, -0.15) is 0 Å². The molecule has 0 N–H and O–H groups in total. The number of pyridine rings is 1. The third-order valence-electron chi connectivity index (χ3n) is 2.92. The van der Waals surface area contributed by atoms with Gasteiger partial charge in [-0.3, -0.25) is 9.78 Å². The molecule has 0 atom stereocenters. The van der Waals surface area contributed by atoms with E-state index in [1.807, 2.05) is 12.1 Å². The van der Waals surface area contributed by atoms with Gasteiger partial charge in [-0.1, -0.05) is 0 Å². The van der Waals surface area contributed by atoms with Crippen LogP contribution in [0.25, 0.3) is 0 Å². The fourth-order valence-electron chi connectivity index (χ4n) is 1.76. The Morgan fingerprint density at radius 3 is 2.42 bits per heavy atom. The topological polar surface area (TPSA) is 33.2 Å². The zero-order chi connectivity index (χ0) is 13.7. The van der Waals surface area contributed by atoms with Crippen molar-refractivity contribution in [3.63, 3.8) is 0 Å². The fourth-order valence-corrected chi connectivity index (χ4v) is 1.76. The van der Waals surface area contributed by atoms with Gasteiger partial charge in [0.1, 0.15) is 5.82 Å². The van der Waals surface area contributed by atoms with E-state index in [4.69, 9.17) is 0 Å². The lowest BCUT2D eigenvalue weighted by molar-refractivity contribution is 0.0796. The second-order valence-corrected chi connectivity index (χ2v) is 4.34. The van der Waals surface area contributed by atoms with Crippen LogP contribution in [0.4, 0.5) is 4.39 Å². The number of amides is 1. The van der Waals surface area contributed by atoms with E-state index in [0.29, 0.717) is 12.1 Å². The first-order valence-electron chi connectivity index (χ1n) is 6.07. The van der Waals surface area contributed by atoms with Crippen LogP contribution < -0.4 is 0 Å². The van der Waals surface area contributed by atoms with E-state index in [1.54, 1.807) is 24.3 Å². The quantitative estimate of drug-likeness (QED) is 0.844. The number of aromatic nitrogens is 1. The van der Waals surface area contributed by atoms with E-state index in [9.17, 15) is 9.18 Å². The van der Waals surface area contributed by atoms with Gasteiger partial charge in [0.05, 0.1) is 0 Å². The van der Waals surface area contributed by atoms with Gasteiger partial charge in [0.25, 0.3) is 5.91 Å². The Bertz CT molecular complexity index is 540. The summed E-state index contributed by atoms with van der Waals surface area (Å²) in [4.78, 5) is 17.6. The van der Waals surface area contributed by atoms with Crippen molar-refractivity contribution in [3.05, 3.63) is 65.7 Å². The van der Waals surface area contributed by atoms with E-state index in [0.717, 1.165) is 12.0 Å². The van der Waals surface area contributed by atoms with Crippen molar-refractivity contribution in [1.29, 1.82) is 0 Å². The number of carbonyl (C=O) groups excluding carboxylic acids is 1. The molecule has 1 heterocycles. The average molecular weight is 258 g/mol. The first-order valence-corrected chi connectivity index (χ1v) is 6.07. The molecule has 1 aromatic heterocycles. The summed E-state index contributed by atoms with van der Waals surface area (Å²) in [5.74, 6) is -0.440. The lowest BCUT2D eigenvalue weighted by Crippen LogP contribution is -2.28. The van der Waals surface area contributed by atoms with Gasteiger partial charge in [-0.05, 0) is 48.4 Å². The number of carbonyl (C=O) groups is 1. The maximum Gasteiger partial charge on any atom is 0.253 e. The van der Waals surface area contributed by atoms with Crippen molar-refractivity contribution in [2.75, 3.05) is 13.6 Å². The van der Waals surface area contributed by atoms with Crippen molar-refractivity contribution in [1.82, 2.24) is 9.88 Å². The summed E-state index contributed by atoms with van der Waals surface area (Å²) >= 11 is 0. The molecule has 98 valence electrons. The number of rotatable bonds is 4. The van der Waals surface area contributed by atoms with Gasteiger partial charge in [-0.25, -0.2) is 4.39 Å². The summed E-state index contributed by atoms with van der Waals surface area (Å²) in [6.07, 6.45) is 4.24. The Labute approximate surface area is 111 Å². The number of nitrogens with zero attached hydrogens (tertiary/aromatic N) is 2. The molecule has 0 fully saturated rings. The Hall–Kier alpha value is -2.23. The minimum absolute atomic E-state index is 0.103. The molecule has 4 heteroatoms. The SMILES string of the molecule is CN(CCc1ccncc1)C(=O)c1ccc(F)cc1. The maximum absolute atomic E-state index is 12.8. The van der Waals surface area contributed by atoms with Crippen molar-refractivity contribution in [3.8, 4) is 0 Å². The van der Waals surface area contributed by atoms with Gasteiger partial charge in [0, 0.05) is 31.5 Å². The minimum Gasteiger partial charge on any atom is -0.341 e. The van der Waals surface area contributed by atoms with E-state index in [1.165, 1.54) is 24.3 Å². The predicted molar refractivity (Wildman–Crippen MR) is 71.3 cm³/mol. The average Bonchev–Trinajstić information content (AvgIpc) is 2.46. The van der Waals surface area contributed by atoms with Gasteiger partial charge in [0.15, 0.2) is 0 Å². The highest BCUT2D eigenvalue weighted by atomic mass is 19.1. The molecule has 0 unspecified atom stereocenters. The van der Waals surface area contributed by atoms with E-state index < -0.39 is 0 Å². The van der Waals surface area contributed by atoms with Crippen molar-refractivity contribution < 1.29 is 9.18 Å². The summed E-state index contributed by atoms with van der Waals surface area (Å²) in [7, 11) is 1.74. The molecule has 0 bridgehead atoms. The molecule has 19 heavy (non-hydrogen) atoms. The molecular weight excluding hydrogens is 243 g/mol. The fraction of sp³-hybridized carbons (Fsp3) is 0.200. The molecule has 1 aromatic carbocycles. The smallest absolute Gasteiger partial charge is 0.253 e. The third kappa shape index (κ3) is 3.61. The molecule has 0 saturated heterocycles. The zero-order valence-corrected chi connectivity index (χ0v) is 10.7. The third-order valence-corrected chi connectivity index (χ3v) is 2.92. The standard InChI is InChI=1S/C15H15FN2O/c1-18(11-8-12-6-9-17-10-7-12)15(19)13-2-4-14(16)5-3-13/h2-7,9-10H,8,11H2,1H3. The normalized spacial score (nSPS) is 10.2. The summed E-state index contributed by atoms with van der Waals surface area (Å²) < 4.78 is 12.8. The lowest BCUT2D eigenvalue weighted by atomic mass is 10.1. The largest absolute Gasteiger partial charge is 0.341 e. The highest BCUT2D eigenvalue weighted by molar-refractivity contribution is 5.93. The molecule has 0 saturated carbocycles. The van der Waals surface area contributed by atoms with Crippen molar-refractivity contribution in [2.45, 2.75) is 6.42 Å². The second kappa shape index (κ2) is 6.09. The monoisotopic (exact) mass is 258 g/mol. The zero-order valence-electron chi connectivity index (χ0n) is 10.7. The van der Waals surface area contributed by atoms with Crippen LogP contribution in [0.3, 0.4) is 0 Å². The summed E-state index contributed by atoms with van der Waals surface area (Å²) in [6.45, 7) is 0.611. The van der Waals surface area contributed by atoms with E-state index >= 15 is 0 Å². The molecule has 2 aromatic rings. The van der Waals surface area contributed by atoms with Crippen LogP contribution in [0.5, 0.6) is 0 Å². The minimum atomic E-state index is -0.337. The number of hydrogen-bond donors (Lipinski definition) is 0. The van der Waals surface area contributed by atoms with Crippen LogP contribution in [0, 0.1) is 5.82 Å². The van der Waals surface area contributed by atoms with Crippen LogP contribution in [-0.2, 0) is 6.42 Å². The Morgan fingerprint density at radius 1 is 1.16 bits per heavy atom. The van der Waals surface area contributed by atoms with Gasteiger partial charge in [-0.15, -0.1) is 0 Å². The van der Waals surface area contributed by atoms with Gasteiger partial charge in [0.2, 0.25) is 0 Å². The Balaban J connectivity index is 1.94. The lowest BCUT2D eigenvalue weighted by Gasteiger charge is -2.17. The number of halogens is 1. The maximum atomic E-state index is 12.8. The molecule has 0 spiro atoms. The van der Waals surface area contributed by atoms with Crippen LogP contribution in [0.15, 0.2) is 48.8 Å².